The third-order valence-electron chi connectivity index (χ3n) is 5.79. The summed E-state index contributed by atoms with van der Waals surface area (Å²) in [6, 6.07) is -4.80. The first-order valence-electron chi connectivity index (χ1n) is 12.4. The lowest BCUT2D eigenvalue weighted by Crippen LogP contribution is -2.57. The highest BCUT2D eigenvalue weighted by atomic mass is 16.4. The van der Waals surface area contributed by atoms with Crippen LogP contribution < -0.4 is 27.4 Å². The maximum absolute atomic E-state index is 13.3. The minimum Gasteiger partial charge on any atom is -0.481 e. The molecule has 16 heteroatoms. The summed E-state index contributed by atoms with van der Waals surface area (Å²) in [5.41, 5.74) is 12.3. The predicted molar refractivity (Wildman–Crippen MR) is 136 cm³/mol. The number of H-pyrrole nitrogens is 2. The topological polar surface area (TPSA) is 271 Å². The lowest BCUT2D eigenvalue weighted by molar-refractivity contribution is -0.142. The molecule has 2 heterocycles. The van der Waals surface area contributed by atoms with Crippen LogP contribution in [-0.2, 0) is 36.8 Å². The van der Waals surface area contributed by atoms with Crippen molar-refractivity contribution in [2.75, 3.05) is 6.54 Å². The average molecular weight is 550 g/mol. The van der Waals surface area contributed by atoms with Crippen molar-refractivity contribution in [1.29, 1.82) is 0 Å². The van der Waals surface area contributed by atoms with Gasteiger partial charge in [0.05, 0.1) is 18.7 Å². The number of unbranched alkanes of at least 4 members (excludes halogenated alkanes) is 1. The molecule has 0 aliphatic heterocycles. The molecule has 214 valence electrons. The van der Waals surface area contributed by atoms with E-state index in [4.69, 9.17) is 16.6 Å². The van der Waals surface area contributed by atoms with Crippen molar-refractivity contribution in [2.24, 2.45) is 11.5 Å². The summed E-state index contributed by atoms with van der Waals surface area (Å²) in [5, 5.41) is 26.0. The van der Waals surface area contributed by atoms with Crippen molar-refractivity contribution < 1.29 is 34.2 Å². The van der Waals surface area contributed by atoms with Gasteiger partial charge in [-0.1, -0.05) is 0 Å². The average Bonchev–Trinajstić information content (AvgIpc) is 3.60. The van der Waals surface area contributed by atoms with Gasteiger partial charge in [-0.05, 0) is 32.2 Å². The van der Waals surface area contributed by atoms with Gasteiger partial charge in [0, 0.05) is 43.0 Å². The number of hydrogen-bond acceptors (Lipinski definition) is 9. The number of aromatic nitrogens is 4. The summed E-state index contributed by atoms with van der Waals surface area (Å²) in [5.74, 6) is -4.59. The number of hydrogen-bond donors (Lipinski definition) is 9. The molecule has 3 amide bonds. The predicted octanol–water partition coefficient (Wildman–Crippen LogP) is -2.22. The second-order valence-electron chi connectivity index (χ2n) is 8.91. The second-order valence-corrected chi connectivity index (χ2v) is 8.91. The number of aromatic amines is 2. The van der Waals surface area contributed by atoms with Gasteiger partial charge in [0.15, 0.2) is 0 Å². The van der Waals surface area contributed by atoms with Crippen molar-refractivity contribution in [2.45, 2.75) is 69.1 Å². The Morgan fingerprint density at radius 3 is 1.85 bits per heavy atom. The number of carboxylic acid groups (broad SMARTS) is 2. The molecule has 0 fully saturated rings. The van der Waals surface area contributed by atoms with E-state index in [1.807, 2.05) is 0 Å². The van der Waals surface area contributed by atoms with E-state index in [1.165, 1.54) is 25.0 Å². The fourth-order valence-electron chi connectivity index (χ4n) is 3.64. The lowest BCUT2D eigenvalue weighted by Gasteiger charge is -2.25. The lowest BCUT2D eigenvalue weighted by atomic mass is 10.0. The van der Waals surface area contributed by atoms with Crippen LogP contribution in [0.1, 0.15) is 43.5 Å². The Kier molecular flexibility index (Phi) is 12.5. The van der Waals surface area contributed by atoms with E-state index in [0.717, 1.165) is 0 Å². The quantitative estimate of drug-likeness (QED) is 0.0898. The van der Waals surface area contributed by atoms with Crippen molar-refractivity contribution in [1.82, 2.24) is 35.9 Å². The van der Waals surface area contributed by atoms with Gasteiger partial charge in [-0.3, -0.25) is 19.2 Å². The normalized spacial score (nSPS) is 14.0. The molecule has 0 saturated heterocycles. The Bertz CT molecular complexity index is 1080. The number of nitrogens with zero attached hydrogens (tertiary/aromatic N) is 2. The zero-order valence-corrected chi connectivity index (χ0v) is 21.3. The summed E-state index contributed by atoms with van der Waals surface area (Å²) in [4.78, 5) is 74.9. The van der Waals surface area contributed by atoms with Gasteiger partial charge in [-0.2, -0.15) is 0 Å². The van der Waals surface area contributed by atoms with Gasteiger partial charge in [-0.25, -0.2) is 14.8 Å². The van der Waals surface area contributed by atoms with E-state index >= 15 is 0 Å². The second kappa shape index (κ2) is 15.8. The van der Waals surface area contributed by atoms with Crippen LogP contribution in [0.2, 0.25) is 0 Å². The number of nitrogens with one attached hydrogen (secondary N) is 5. The molecular weight excluding hydrogens is 514 g/mol. The van der Waals surface area contributed by atoms with Crippen molar-refractivity contribution in [3.8, 4) is 0 Å². The van der Waals surface area contributed by atoms with Gasteiger partial charge in [0.2, 0.25) is 17.7 Å². The number of carbonyl (C=O) groups is 5. The van der Waals surface area contributed by atoms with Crippen LogP contribution in [0.5, 0.6) is 0 Å². The molecule has 2 rings (SSSR count). The Morgan fingerprint density at radius 1 is 0.795 bits per heavy atom. The van der Waals surface area contributed by atoms with E-state index in [2.05, 4.69) is 35.9 Å². The molecule has 0 bridgehead atoms. The Hall–Kier alpha value is -4.31. The maximum Gasteiger partial charge on any atom is 0.326 e. The van der Waals surface area contributed by atoms with Crippen LogP contribution in [0, 0.1) is 0 Å². The van der Waals surface area contributed by atoms with Crippen molar-refractivity contribution >= 4 is 29.7 Å². The zero-order valence-electron chi connectivity index (χ0n) is 21.3. The SMILES string of the molecule is NCCCCC(NC(=O)C(Cc1cnc[nH]1)NC(=O)C(N)CCC(=O)O)C(=O)NC(Cc1cnc[nH]1)C(=O)O. The molecule has 0 aliphatic carbocycles. The first-order valence-corrected chi connectivity index (χ1v) is 12.4. The molecule has 0 radical (unpaired) electrons. The summed E-state index contributed by atoms with van der Waals surface area (Å²) in [7, 11) is 0. The standard InChI is InChI=1S/C23H35N9O7/c24-6-2-1-3-16(21(36)32-18(23(38)39)8-14-10-27-12-29-14)30-22(37)17(7-13-9-26-11-28-13)31-20(35)15(25)4-5-19(33)34/h9-12,15-18H,1-8,24-25H2,(H,26,28)(H,27,29)(H,30,37)(H,31,35)(H,32,36)(H,33,34)(H,38,39). The number of aliphatic carboxylic acids is 2. The van der Waals surface area contributed by atoms with Crippen molar-refractivity contribution in [3.63, 3.8) is 0 Å². The minimum absolute atomic E-state index is 0.0298. The van der Waals surface area contributed by atoms with Crippen LogP contribution in [0.4, 0.5) is 0 Å². The highest BCUT2D eigenvalue weighted by Gasteiger charge is 2.31. The molecular formula is C23H35N9O7. The molecule has 0 saturated carbocycles. The van der Waals surface area contributed by atoms with E-state index < -0.39 is 53.8 Å². The molecule has 11 N–H and O–H groups in total. The van der Waals surface area contributed by atoms with E-state index in [9.17, 15) is 29.1 Å². The number of imidazole rings is 2. The first kappa shape index (κ1) is 30.9. The van der Waals surface area contributed by atoms with Crippen LogP contribution in [0.15, 0.2) is 25.0 Å². The molecule has 0 spiro atoms. The molecule has 4 unspecified atom stereocenters. The van der Waals surface area contributed by atoms with E-state index in [0.29, 0.717) is 30.8 Å². The zero-order chi connectivity index (χ0) is 28.8. The molecule has 39 heavy (non-hydrogen) atoms. The van der Waals surface area contributed by atoms with E-state index in [-0.39, 0.29) is 32.1 Å². The monoisotopic (exact) mass is 549 g/mol. The summed E-state index contributed by atoms with van der Waals surface area (Å²) >= 11 is 0. The van der Waals surface area contributed by atoms with Crippen LogP contribution in [-0.4, -0.2) is 90.5 Å². The Labute approximate surface area is 223 Å². The number of carboxylic acids is 2. The van der Waals surface area contributed by atoms with Crippen LogP contribution >= 0.6 is 0 Å². The fraction of sp³-hybridized carbons (Fsp3) is 0.522. The largest absolute Gasteiger partial charge is 0.481 e. The maximum atomic E-state index is 13.3. The van der Waals surface area contributed by atoms with Gasteiger partial charge in [0.1, 0.15) is 18.1 Å². The summed E-state index contributed by atoms with van der Waals surface area (Å²) in [6.07, 6.45) is 6.28. The number of carbonyl (C=O) groups excluding carboxylic acids is 3. The van der Waals surface area contributed by atoms with Gasteiger partial charge in [-0.15, -0.1) is 0 Å². The fourth-order valence-corrected chi connectivity index (χ4v) is 3.64. The molecule has 4 atom stereocenters. The number of rotatable bonds is 18. The van der Waals surface area contributed by atoms with E-state index in [1.54, 1.807) is 0 Å². The number of nitrogens with two attached hydrogens (primary N) is 2. The van der Waals surface area contributed by atoms with Crippen LogP contribution in [0.25, 0.3) is 0 Å². The Morgan fingerprint density at radius 2 is 1.33 bits per heavy atom. The smallest absolute Gasteiger partial charge is 0.326 e. The highest BCUT2D eigenvalue weighted by Crippen LogP contribution is 2.07. The van der Waals surface area contributed by atoms with Gasteiger partial charge in [0.25, 0.3) is 0 Å². The summed E-state index contributed by atoms with van der Waals surface area (Å²) < 4.78 is 0. The first-order chi connectivity index (χ1) is 18.6. The molecule has 16 nitrogen and oxygen atoms in total. The highest BCUT2D eigenvalue weighted by molar-refractivity contribution is 5.94. The molecule has 0 aliphatic rings. The van der Waals surface area contributed by atoms with Gasteiger partial charge < -0.3 is 47.6 Å². The minimum atomic E-state index is -1.29. The summed E-state index contributed by atoms with van der Waals surface area (Å²) in [6.45, 7) is 0.354. The van der Waals surface area contributed by atoms with Crippen molar-refractivity contribution in [3.05, 3.63) is 36.4 Å². The van der Waals surface area contributed by atoms with Gasteiger partial charge >= 0.3 is 11.9 Å². The van der Waals surface area contributed by atoms with Crippen LogP contribution in [0.3, 0.4) is 0 Å². The third kappa shape index (κ3) is 10.9. The number of amides is 3. The molecule has 0 aromatic carbocycles. The molecule has 2 aromatic heterocycles. The Balaban J connectivity index is 2.16. The third-order valence-corrected chi connectivity index (χ3v) is 5.79. The molecule has 2 aromatic rings.